The van der Waals surface area contributed by atoms with Gasteiger partial charge in [-0.2, -0.15) is 0 Å². The van der Waals surface area contributed by atoms with E-state index in [-0.39, 0.29) is 5.91 Å². The summed E-state index contributed by atoms with van der Waals surface area (Å²) in [7, 11) is -3.63. The predicted molar refractivity (Wildman–Crippen MR) is 130 cm³/mol. The molecule has 3 rings (SSSR count). The lowest BCUT2D eigenvalue weighted by Crippen LogP contribution is -2.47. The van der Waals surface area contributed by atoms with Crippen molar-refractivity contribution in [2.45, 2.75) is 59.2 Å². The van der Waals surface area contributed by atoms with Crippen LogP contribution in [0.3, 0.4) is 0 Å². The molecular weight excluding hydrogens is 422 g/mol. The van der Waals surface area contributed by atoms with E-state index in [1.165, 1.54) is 29.1 Å². The van der Waals surface area contributed by atoms with Gasteiger partial charge < -0.3 is 5.32 Å². The van der Waals surface area contributed by atoms with Gasteiger partial charge in [0.15, 0.2) is 0 Å². The molecule has 1 fully saturated rings. The van der Waals surface area contributed by atoms with E-state index in [1.807, 2.05) is 32.0 Å². The van der Waals surface area contributed by atoms with Crippen LogP contribution >= 0.6 is 0 Å². The van der Waals surface area contributed by atoms with Crippen LogP contribution in [0, 0.1) is 13.8 Å². The van der Waals surface area contributed by atoms with Gasteiger partial charge in [0.1, 0.15) is 6.04 Å². The third kappa shape index (κ3) is 6.56. The van der Waals surface area contributed by atoms with Crippen LogP contribution in [0.5, 0.6) is 0 Å². The van der Waals surface area contributed by atoms with E-state index < -0.39 is 16.1 Å². The van der Waals surface area contributed by atoms with Crippen molar-refractivity contribution in [3.63, 3.8) is 0 Å². The van der Waals surface area contributed by atoms with Crippen LogP contribution < -0.4 is 9.62 Å². The number of nitrogens with one attached hydrogen (secondary N) is 1. The average Bonchev–Trinajstić information content (AvgIpc) is 2.71. The fraction of sp³-hybridized carbons (Fsp3) is 0.480. The number of likely N-dealkylation sites (tertiary alicyclic amines) is 1. The lowest BCUT2D eigenvalue weighted by atomic mass is 10.1. The number of carbonyl (C=O) groups excluding carboxylic acids is 1. The van der Waals surface area contributed by atoms with Gasteiger partial charge in [0.2, 0.25) is 15.9 Å². The summed E-state index contributed by atoms with van der Waals surface area (Å²) in [5, 5.41) is 2.92. The van der Waals surface area contributed by atoms with Gasteiger partial charge in [0.05, 0.1) is 11.9 Å². The number of piperidine rings is 1. The number of rotatable bonds is 8. The minimum atomic E-state index is -3.63. The minimum absolute atomic E-state index is 0.323. The van der Waals surface area contributed by atoms with Crippen molar-refractivity contribution in [3.05, 3.63) is 64.7 Å². The molecule has 2 aromatic carbocycles. The largest absolute Gasteiger partial charge is 0.350 e. The van der Waals surface area contributed by atoms with Crippen molar-refractivity contribution in [3.8, 4) is 0 Å². The minimum Gasteiger partial charge on any atom is -0.350 e. The van der Waals surface area contributed by atoms with Gasteiger partial charge in [-0.05, 0) is 81.1 Å². The smallest absolute Gasteiger partial charge is 0.243 e. The standard InChI is InChI=1S/C25H35N3O3S/c1-19-13-20(2)15-24(14-19)28(32(4,30)31)21(3)25(29)26-17-22-9-8-10-23(16-22)18-27-11-6-5-7-12-27/h8-10,13-16,21H,5-7,11-12,17-18H2,1-4H3,(H,26,29). The molecule has 1 aliphatic heterocycles. The number of sulfonamides is 1. The summed E-state index contributed by atoms with van der Waals surface area (Å²) in [6, 6.07) is 13.0. The van der Waals surface area contributed by atoms with E-state index in [9.17, 15) is 13.2 Å². The average molecular weight is 458 g/mol. The third-order valence-corrected chi connectivity index (χ3v) is 7.10. The summed E-state index contributed by atoms with van der Waals surface area (Å²) in [5.74, 6) is -0.323. The van der Waals surface area contributed by atoms with Gasteiger partial charge in [-0.15, -0.1) is 0 Å². The molecule has 1 unspecified atom stereocenters. The van der Waals surface area contributed by atoms with E-state index >= 15 is 0 Å². The first-order chi connectivity index (χ1) is 15.1. The fourth-order valence-corrected chi connectivity index (χ4v) is 5.60. The van der Waals surface area contributed by atoms with Crippen molar-refractivity contribution in [2.24, 2.45) is 0 Å². The highest BCUT2D eigenvalue weighted by molar-refractivity contribution is 7.92. The first-order valence-electron chi connectivity index (χ1n) is 11.3. The number of hydrogen-bond donors (Lipinski definition) is 1. The SMILES string of the molecule is Cc1cc(C)cc(N(C(C)C(=O)NCc2cccc(CN3CCCCC3)c2)S(C)(=O)=O)c1. The van der Waals surface area contributed by atoms with Crippen molar-refractivity contribution in [1.82, 2.24) is 10.2 Å². The fourth-order valence-electron chi connectivity index (χ4n) is 4.44. The molecule has 32 heavy (non-hydrogen) atoms. The molecule has 0 saturated carbocycles. The molecule has 1 heterocycles. The number of hydrogen-bond acceptors (Lipinski definition) is 4. The van der Waals surface area contributed by atoms with E-state index in [4.69, 9.17) is 0 Å². The zero-order valence-corrected chi connectivity index (χ0v) is 20.4. The quantitative estimate of drug-likeness (QED) is 0.655. The highest BCUT2D eigenvalue weighted by Gasteiger charge is 2.29. The van der Waals surface area contributed by atoms with Crippen LogP contribution in [0.1, 0.15) is 48.4 Å². The first-order valence-corrected chi connectivity index (χ1v) is 13.1. The maximum atomic E-state index is 12.9. The van der Waals surface area contributed by atoms with Gasteiger partial charge in [0.25, 0.3) is 0 Å². The molecule has 6 nitrogen and oxygen atoms in total. The topological polar surface area (TPSA) is 69.7 Å². The second kappa shape index (κ2) is 10.5. The predicted octanol–water partition coefficient (Wildman–Crippen LogP) is 3.76. The normalized spacial score (nSPS) is 15.9. The molecule has 0 bridgehead atoms. The summed E-state index contributed by atoms with van der Waals surface area (Å²) in [4.78, 5) is 15.4. The Morgan fingerprint density at radius 2 is 1.66 bits per heavy atom. The Balaban J connectivity index is 1.68. The van der Waals surface area contributed by atoms with Crippen LogP contribution in [-0.4, -0.2) is 44.6 Å². The molecule has 1 amide bonds. The zero-order chi connectivity index (χ0) is 23.3. The lowest BCUT2D eigenvalue weighted by molar-refractivity contribution is -0.122. The van der Waals surface area contributed by atoms with Crippen LogP contribution in [-0.2, 0) is 27.9 Å². The molecule has 2 aromatic rings. The zero-order valence-electron chi connectivity index (χ0n) is 19.6. The molecule has 1 saturated heterocycles. The highest BCUT2D eigenvalue weighted by atomic mass is 32.2. The van der Waals surface area contributed by atoms with Crippen molar-refractivity contribution in [2.75, 3.05) is 23.7 Å². The van der Waals surface area contributed by atoms with Crippen LogP contribution in [0.2, 0.25) is 0 Å². The van der Waals surface area contributed by atoms with Gasteiger partial charge in [-0.1, -0.05) is 36.8 Å². The van der Waals surface area contributed by atoms with Gasteiger partial charge in [-0.25, -0.2) is 8.42 Å². The van der Waals surface area contributed by atoms with Crippen LogP contribution in [0.15, 0.2) is 42.5 Å². The molecule has 174 valence electrons. The Morgan fingerprint density at radius 1 is 1.03 bits per heavy atom. The number of anilines is 1. The number of carbonyl (C=O) groups is 1. The van der Waals surface area contributed by atoms with E-state index in [1.54, 1.807) is 19.1 Å². The van der Waals surface area contributed by atoms with Crippen LogP contribution in [0.25, 0.3) is 0 Å². The lowest BCUT2D eigenvalue weighted by Gasteiger charge is -2.29. The Hall–Kier alpha value is -2.38. The molecule has 7 heteroatoms. The maximum absolute atomic E-state index is 12.9. The van der Waals surface area contributed by atoms with Gasteiger partial charge >= 0.3 is 0 Å². The molecule has 0 spiro atoms. The Morgan fingerprint density at radius 3 is 2.28 bits per heavy atom. The number of benzene rings is 2. The third-order valence-electron chi connectivity index (χ3n) is 5.86. The Labute approximate surface area is 192 Å². The molecule has 0 radical (unpaired) electrons. The number of nitrogens with zero attached hydrogens (tertiary/aromatic N) is 2. The first kappa shape index (κ1) is 24.3. The molecule has 1 aliphatic rings. The van der Waals surface area contributed by atoms with Crippen molar-refractivity contribution >= 4 is 21.6 Å². The molecule has 1 atom stereocenters. The van der Waals surface area contributed by atoms with Crippen molar-refractivity contribution in [1.29, 1.82) is 0 Å². The summed E-state index contributed by atoms with van der Waals surface area (Å²) in [6.07, 6.45) is 4.96. The summed E-state index contributed by atoms with van der Waals surface area (Å²) in [5.41, 5.74) is 4.66. The summed E-state index contributed by atoms with van der Waals surface area (Å²) < 4.78 is 26.3. The molecule has 0 aliphatic carbocycles. The molecule has 0 aromatic heterocycles. The van der Waals surface area contributed by atoms with Crippen molar-refractivity contribution < 1.29 is 13.2 Å². The van der Waals surface area contributed by atoms with Gasteiger partial charge in [-0.3, -0.25) is 14.0 Å². The van der Waals surface area contributed by atoms with E-state index in [0.29, 0.717) is 12.2 Å². The Bertz CT molecular complexity index is 1030. The van der Waals surface area contributed by atoms with Crippen LogP contribution in [0.4, 0.5) is 5.69 Å². The van der Waals surface area contributed by atoms with E-state index in [2.05, 4.69) is 22.3 Å². The summed E-state index contributed by atoms with van der Waals surface area (Å²) >= 11 is 0. The Kier molecular flexibility index (Phi) is 7.96. The molecule has 1 N–H and O–H groups in total. The monoisotopic (exact) mass is 457 g/mol. The van der Waals surface area contributed by atoms with E-state index in [0.717, 1.165) is 42.6 Å². The maximum Gasteiger partial charge on any atom is 0.243 e. The number of amides is 1. The molecular formula is C25H35N3O3S. The second-order valence-electron chi connectivity index (χ2n) is 8.96. The number of aryl methyl sites for hydroxylation is 2. The van der Waals surface area contributed by atoms with Gasteiger partial charge in [0, 0.05) is 13.1 Å². The summed E-state index contributed by atoms with van der Waals surface area (Å²) in [6.45, 7) is 9.02. The second-order valence-corrected chi connectivity index (χ2v) is 10.8. The highest BCUT2D eigenvalue weighted by Crippen LogP contribution is 2.24.